The number of rotatable bonds is 4. The van der Waals surface area contributed by atoms with Crippen LogP contribution in [0.4, 0.5) is 0 Å². The Morgan fingerprint density at radius 1 is 1.33 bits per heavy atom. The van der Waals surface area contributed by atoms with E-state index >= 15 is 0 Å². The van der Waals surface area contributed by atoms with E-state index in [0.717, 1.165) is 18.6 Å². The zero-order chi connectivity index (χ0) is 8.81. The Kier molecular flexibility index (Phi) is 3.39. The van der Waals surface area contributed by atoms with Crippen molar-refractivity contribution in [2.45, 2.75) is 12.8 Å². The van der Waals surface area contributed by atoms with Crippen molar-refractivity contribution >= 4 is 0 Å². The molecule has 1 aromatic rings. The van der Waals surface area contributed by atoms with Crippen molar-refractivity contribution in [3.8, 4) is 5.75 Å². The number of ether oxygens (including phenoxy) is 1. The van der Waals surface area contributed by atoms with Crippen LogP contribution in [-0.2, 0) is 6.42 Å². The van der Waals surface area contributed by atoms with Gasteiger partial charge in [-0.05, 0) is 30.5 Å². The van der Waals surface area contributed by atoms with Crippen molar-refractivity contribution in [2.75, 3.05) is 7.11 Å². The summed E-state index contributed by atoms with van der Waals surface area (Å²) in [7, 11) is 1.67. The van der Waals surface area contributed by atoms with Gasteiger partial charge in [-0.2, -0.15) is 0 Å². The molecule has 12 heavy (non-hydrogen) atoms. The van der Waals surface area contributed by atoms with Crippen molar-refractivity contribution in [3.63, 3.8) is 0 Å². The molecule has 1 rings (SSSR count). The summed E-state index contributed by atoms with van der Waals surface area (Å²) in [4.78, 5) is 0. The lowest BCUT2D eigenvalue weighted by Crippen LogP contribution is -1.85. The first kappa shape index (κ1) is 8.85. The van der Waals surface area contributed by atoms with Gasteiger partial charge in [0.25, 0.3) is 0 Å². The van der Waals surface area contributed by atoms with Gasteiger partial charge in [0.05, 0.1) is 7.11 Å². The summed E-state index contributed by atoms with van der Waals surface area (Å²) in [6.45, 7) is 3.56. The first-order valence-corrected chi connectivity index (χ1v) is 3.99. The second kappa shape index (κ2) is 4.60. The molecule has 0 saturated carbocycles. The third-order valence-corrected chi connectivity index (χ3v) is 1.75. The highest BCUT2D eigenvalue weighted by Gasteiger charge is 1.92. The predicted molar refractivity (Wildman–Crippen MR) is 50.2 cm³/mol. The van der Waals surface area contributed by atoms with Crippen LogP contribution in [-0.4, -0.2) is 7.11 Å². The summed E-state index contributed by atoms with van der Waals surface area (Å²) >= 11 is 0. The average molecular weight is 161 g/mol. The van der Waals surface area contributed by atoms with Crippen LogP contribution in [0.15, 0.2) is 30.8 Å². The average Bonchev–Trinajstić information content (AvgIpc) is 2.15. The van der Waals surface area contributed by atoms with Crippen molar-refractivity contribution in [2.24, 2.45) is 0 Å². The molecule has 0 amide bonds. The molecule has 0 aliphatic rings. The van der Waals surface area contributed by atoms with Gasteiger partial charge < -0.3 is 4.74 Å². The number of benzene rings is 1. The highest BCUT2D eigenvalue weighted by molar-refractivity contribution is 5.27. The molecule has 0 atom stereocenters. The van der Waals surface area contributed by atoms with E-state index in [-0.39, 0.29) is 0 Å². The van der Waals surface area contributed by atoms with Crippen LogP contribution in [0.1, 0.15) is 12.0 Å². The first-order valence-electron chi connectivity index (χ1n) is 3.99. The summed E-state index contributed by atoms with van der Waals surface area (Å²) in [6.07, 6.45) is 4.78. The maximum atomic E-state index is 5.05. The second-order valence-electron chi connectivity index (χ2n) is 2.60. The molecule has 1 nitrogen and oxygen atoms in total. The van der Waals surface area contributed by atoms with Gasteiger partial charge in [-0.25, -0.2) is 0 Å². The van der Waals surface area contributed by atoms with Crippen LogP contribution >= 0.6 is 0 Å². The molecule has 0 fully saturated rings. The molecular weight excluding hydrogens is 148 g/mol. The largest absolute Gasteiger partial charge is 0.497 e. The van der Waals surface area contributed by atoms with Crippen LogP contribution in [0.25, 0.3) is 0 Å². The van der Waals surface area contributed by atoms with E-state index < -0.39 is 0 Å². The lowest BCUT2D eigenvalue weighted by atomic mass is 10.1. The molecular formula is C11H13O. The first-order chi connectivity index (χ1) is 5.86. The zero-order valence-electron chi connectivity index (χ0n) is 7.34. The van der Waals surface area contributed by atoms with Gasteiger partial charge in [0.15, 0.2) is 0 Å². The molecule has 0 aliphatic heterocycles. The van der Waals surface area contributed by atoms with Crippen molar-refractivity contribution < 1.29 is 4.74 Å². The lowest BCUT2D eigenvalue weighted by molar-refractivity contribution is 0.414. The number of hydrogen-bond donors (Lipinski definition) is 0. The van der Waals surface area contributed by atoms with Gasteiger partial charge >= 0.3 is 0 Å². The number of hydrogen-bond acceptors (Lipinski definition) is 1. The Morgan fingerprint density at radius 2 is 2.00 bits per heavy atom. The molecule has 0 unspecified atom stereocenters. The molecule has 1 aromatic carbocycles. The smallest absolute Gasteiger partial charge is 0.118 e. The normalized spacial score (nSPS) is 9.42. The van der Waals surface area contributed by atoms with Gasteiger partial charge in [0.2, 0.25) is 0 Å². The molecule has 1 heteroatoms. The molecule has 1 radical (unpaired) electrons. The van der Waals surface area contributed by atoms with Crippen LogP contribution in [0.3, 0.4) is 0 Å². The molecule has 0 heterocycles. The van der Waals surface area contributed by atoms with Crippen molar-refractivity contribution in [1.29, 1.82) is 0 Å². The summed E-state index contributed by atoms with van der Waals surface area (Å²) in [5, 5.41) is 0. The number of aryl methyl sites for hydroxylation is 1. The third kappa shape index (κ3) is 2.42. The van der Waals surface area contributed by atoms with Crippen molar-refractivity contribution in [3.05, 3.63) is 42.5 Å². The Labute approximate surface area is 73.7 Å². The summed E-state index contributed by atoms with van der Waals surface area (Å²) in [5.41, 5.74) is 1.30. The predicted octanol–water partition coefficient (Wildman–Crippen LogP) is 2.62. The molecule has 0 saturated heterocycles. The maximum Gasteiger partial charge on any atom is 0.118 e. The molecule has 0 spiro atoms. The van der Waals surface area contributed by atoms with E-state index in [1.54, 1.807) is 7.11 Å². The van der Waals surface area contributed by atoms with Crippen LogP contribution in [0.5, 0.6) is 5.75 Å². The molecule has 0 bridgehead atoms. The Bertz CT molecular complexity index is 236. The van der Waals surface area contributed by atoms with E-state index in [1.165, 1.54) is 5.56 Å². The maximum absolute atomic E-state index is 5.05. The van der Waals surface area contributed by atoms with Gasteiger partial charge in [-0.15, -0.1) is 0 Å². The molecule has 0 N–H and O–H groups in total. The quantitative estimate of drug-likeness (QED) is 0.659. The minimum Gasteiger partial charge on any atom is -0.497 e. The topological polar surface area (TPSA) is 9.23 Å². The van der Waals surface area contributed by atoms with Crippen LogP contribution < -0.4 is 4.74 Å². The van der Waals surface area contributed by atoms with Gasteiger partial charge in [-0.3, -0.25) is 0 Å². The fourth-order valence-corrected chi connectivity index (χ4v) is 1.02. The molecule has 63 valence electrons. The standard InChI is InChI=1S/C11H13O/c1-3-4-5-10-6-8-11(12-2)9-7-10/h6-9H,1,4-5H2,2H3. The van der Waals surface area contributed by atoms with E-state index in [1.807, 2.05) is 12.1 Å². The van der Waals surface area contributed by atoms with Gasteiger partial charge in [0.1, 0.15) is 5.75 Å². The highest BCUT2D eigenvalue weighted by atomic mass is 16.5. The van der Waals surface area contributed by atoms with E-state index in [0.29, 0.717) is 0 Å². The monoisotopic (exact) mass is 161 g/mol. The fraction of sp³-hybridized carbons (Fsp3) is 0.273. The number of methoxy groups -OCH3 is 1. The van der Waals surface area contributed by atoms with Gasteiger partial charge in [0, 0.05) is 0 Å². The van der Waals surface area contributed by atoms with E-state index in [9.17, 15) is 0 Å². The molecule has 0 aliphatic carbocycles. The second-order valence-corrected chi connectivity index (χ2v) is 2.60. The van der Waals surface area contributed by atoms with Crippen molar-refractivity contribution in [1.82, 2.24) is 0 Å². The van der Waals surface area contributed by atoms with E-state index in [4.69, 9.17) is 4.74 Å². The zero-order valence-corrected chi connectivity index (χ0v) is 7.34. The Balaban J connectivity index is 2.58. The SMILES string of the molecule is C=[C]CCc1ccc(OC)cc1. The lowest BCUT2D eigenvalue weighted by Gasteiger charge is -2.00. The summed E-state index contributed by atoms with van der Waals surface area (Å²) < 4.78 is 5.05. The summed E-state index contributed by atoms with van der Waals surface area (Å²) in [5.74, 6) is 0.904. The third-order valence-electron chi connectivity index (χ3n) is 1.75. The van der Waals surface area contributed by atoms with Crippen LogP contribution in [0.2, 0.25) is 0 Å². The minimum atomic E-state index is 0.904. The Morgan fingerprint density at radius 3 is 2.50 bits per heavy atom. The van der Waals surface area contributed by atoms with Crippen LogP contribution in [0, 0.1) is 6.08 Å². The minimum absolute atomic E-state index is 0.904. The van der Waals surface area contributed by atoms with Gasteiger partial charge in [-0.1, -0.05) is 24.8 Å². The fourth-order valence-electron chi connectivity index (χ4n) is 1.02. The molecule has 0 aromatic heterocycles. The Hall–Kier alpha value is -1.24. The number of allylic oxidation sites excluding steroid dienone is 1. The van der Waals surface area contributed by atoms with E-state index in [2.05, 4.69) is 24.8 Å². The summed E-state index contributed by atoms with van der Waals surface area (Å²) in [6, 6.07) is 8.07. The highest BCUT2D eigenvalue weighted by Crippen LogP contribution is 2.12.